The Labute approximate surface area is 59.9 Å². The minimum absolute atomic E-state index is 0.865. The van der Waals surface area contributed by atoms with Crippen molar-refractivity contribution >= 4 is 0 Å². The summed E-state index contributed by atoms with van der Waals surface area (Å²) in [6.45, 7) is 0. The SMILES string of the molecule is N#Cc1cccc2c1CC2. The number of benzene rings is 1. The maximum atomic E-state index is 8.63. The van der Waals surface area contributed by atoms with Gasteiger partial charge in [0.2, 0.25) is 0 Å². The average Bonchev–Trinajstić information content (AvgIpc) is 1.91. The van der Waals surface area contributed by atoms with Crippen molar-refractivity contribution in [1.29, 1.82) is 5.26 Å². The minimum Gasteiger partial charge on any atom is -0.192 e. The summed E-state index contributed by atoms with van der Waals surface area (Å²) in [4.78, 5) is 0. The Kier molecular flexibility index (Phi) is 1.01. The normalized spacial score (nSPS) is 13.1. The molecule has 0 spiro atoms. The molecule has 10 heavy (non-hydrogen) atoms. The highest BCUT2D eigenvalue weighted by Crippen LogP contribution is 2.25. The lowest BCUT2D eigenvalue weighted by molar-refractivity contribution is 0.835. The van der Waals surface area contributed by atoms with Gasteiger partial charge in [-0.3, -0.25) is 0 Å². The quantitative estimate of drug-likeness (QED) is 0.522. The van der Waals surface area contributed by atoms with Gasteiger partial charge in [-0.1, -0.05) is 12.1 Å². The van der Waals surface area contributed by atoms with Gasteiger partial charge in [-0.25, -0.2) is 0 Å². The third kappa shape index (κ3) is 0.563. The van der Waals surface area contributed by atoms with Crippen LogP contribution in [-0.2, 0) is 12.8 Å². The molecule has 2 rings (SSSR count). The first-order chi connectivity index (χ1) is 4.92. The van der Waals surface area contributed by atoms with Gasteiger partial charge in [-0.15, -0.1) is 0 Å². The summed E-state index contributed by atoms with van der Waals surface area (Å²) in [5, 5.41) is 8.63. The van der Waals surface area contributed by atoms with E-state index < -0.39 is 0 Å². The molecular formula is C9H7N. The highest BCUT2D eigenvalue weighted by atomic mass is 14.3. The molecule has 1 aromatic carbocycles. The first-order valence-corrected chi connectivity index (χ1v) is 3.42. The van der Waals surface area contributed by atoms with Gasteiger partial charge in [0.25, 0.3) is 0 Å². The molecule has 0 saturated carbocycles. The predicted molar refractivity (Wildman–Crippen MR) is 38.6 cm³/mol. The van der Waals surface area contributed by atoms with E-state index in [0.717, 1.165) is 18.4 Å². The summed E-state index contributed by atoms with van der Waals surface area (Å²) in [6, 6.07) is 8.13. The third-order valence-corrected chi connectivity index (χ3v) is 2.04. The van der Waals surface area contributed by atoms with Gasteiger partial charge in [-0.2, -0.15) is 5.26 Å². The molecule has 1 aromatic rings. The number of hydrogen-bond acceptors (Lipinski definition) is 1. The van der Waals surface area contributed by atoms with Gasteiger partial charge < -0.3 is 0 Å². The van der Waals surface area contributed by atoms with Gasteiger partial charge in [0.15, 0.2) is 0 Å². The van der Waals surface area contributed by atoms with Crippen LogP contribution in [0.25, 0.3) is 0 Å². The molecular weight excluding hydrogens is 122 g/mol. The second kappa shape index (κ2) is 1.85. The Bertz CT molecular complexity index is 307. The van der Waals surface area contributed by atoms with E-state index in [1.807, 2.05) is 12.1 Å². The molecule has 0 atom stereocenters. The first kappa shape index (κ1) is 5.49. The van der Waals surface area contributed by atoms with E-state index in [2.05, 4.69) is 12.1 Å². The number of fused-ring (bicyclic) bond motifs is 1. The van der Waals surface area contributed by atoms with Gasteiger partial charge in [0.1, 0.15) is 0 Å². The molecule has 1 aliphatic rings. The molecule has 0 saturated heterocycles. The Morgan fingerprint density at radius 1 is 1.30 bits per heavy atom. The Hall–Kier alpha value is -1.29. The van der Waals surface area contributed by atoms with Crippen molar-refractivity contribution in [2.45, 2.75) is 12.8 Å². The highest BCUT2D eigenvalue weighted by Gasteiger charge is 2.15. The zero-order valence-electron chi connectivity index (χ0n) is 5.59. The standard InChI is InChI=1S/C9H7N/c10-6-8-3-1-2-7-4-5-9(7)8/h1-3H,4-5H2. The van der Waals surface area contributed by atoms with Crippen LogP contribution in [0.3, 0.4) is 0 Å². The van der Waals surface area contributed by atoms with Crippen molar-refractivity contribution < 1.29 is 0 Å². The molecule has 0 bridgehead atoms. The second-order valence-electron chi connectivity index (χ2n) is 2.56. The monoisotopic (exact) mass is 129 g/mol. The first-order valence-electron chi connectivity index (χ1n) is 3.42. The minimum atomic E-state index is 0.865. The van der Waals surface area contributed by atoms with Crippen LogP contribution in [0.15, 0.2) is 18.2 Å². The number of nitriles is 1. The van der Waals surface area contributed by atoms with E-state index in [0.29, 0.717) is 0 Å². The fourth-order valence-corrected chi connectivity index (χ4v) is 1.35. The van der Waals surface area contributed by atoms with Crippen molar-refractivity contribution in [1.82, 2.24) is 0 Å². The fraction of sp³-hybridized carbons (Fsp3) is 0.222. The van der Waals surface area contributed by atoms with Gasteiger partial charge in [0, 0.05) is 0 Å². The molecule has 0 radical (unpaired) electrons. The maximum Gasteiger partial charge on any atom is 0.0994 e. The number of nitrogens with zero attached hydrogens (tertiary/aromatic N) is 1. The average molecular weight is 129 g/mol. The van der Waals surface area contributed by atoms with Gasteiger partial charge in [0.05, 0.1) is 11.6 Å². The van der Waals surface area contributed by atoms with Crippen LogP contribution < -0.4 is 0 Å². The van der Waals surface area contributed by atoms with Crippen LogP contribution in [0, 0.1) is 11.3 Å². The molecule has 0 fully saturated rings. The summed E-state index contributed by atoms with van der Waals surface area (Å²) in [6.07, 6.45) is 2.25. The van der Waals surface area contributed by atoms with Gasteiger partial charge in [-0.05, 0) is 30.0 Å². The number of hydrogen-bond donors (Lipinski definition) is 0. The summed E-state index contributed by atoms with van der Waals surface area (Å²) in [5.74, 6) is 0. The summed E-state index contributed by atoms with van der Waals surface area (Å²) >= 11 is 0. The topological polar surface area (TPSA) is 23.8 Å². The Morgan fingerprint density at radius 2 is 2.20 bits per heavy atom. The second-order valence-corrected chi connectivity index (χ2v) is 2.56. The third-order valence-electron chi connectivity index (χ3n) is 2.04. The van der Waals surface area contributed by atoms with Crippen molar-refractivity contribution in [3.05, 3.63) is 34.9 Å². The summed E-state index contributed by atoms with van der Waals surface area (Å²) in [5.41, 5.74) is 3.49. The number of aryl methyl sites for hydroxylation is 1. The van der Waals surface area contributed by atoms with E-state index in [1.165, 1.54) is 11.1 Å². The zero-order chi connectivity index (χ0) is 6.97. The lowest BCUT2D eigenvalue weighted by Crippen LogP contribution is -2.09. The van der Waals surface area contributed by atoms with E-state index >= 15 is 0 Å². The van der Waals surface area contributed by atoms with Crippen LogP contribution >= 0.6 is 0 Å². The predicted octanol–water partition coefficient (Wildman–Crippen LogP) is 1.66. The van der Waals surface area contributed by atoms with Crippen molar-refractivity contribution in [3.8, 4) is 6.07 Å². The summed E-state index contributed by atoms with van der Waals surface area (Å²) in [7, 11) is 0. The zero-order valence-corrected chi connectivity index (χ0v) is 5.59. The number of rotatable bonds is 0. The molecule has 1 nitrogen and oxygen atoms in total. The van der Waals surface area contributed by atoms with E-state index in [4.69, 9.17) is 5.26 Å². The van der Waals surface area contributed by atoms with Crippen LogP contribution in [0.2, 0.25) is 0 Å². The van der Waals surface area contributed by atoms with Crippen LogP contribution in [0.4, 0.5) is 0 Å². The lowest BCUT2D eigenvalue weighted by Gasteiger charge is -2.18. The van der Waals surface area contributed by atoms with Crippen molar-refractivity contribution in [2.75, 3.05) is 0 Å². The Balaban J connectivity index is 2.64. The van der Waals surface area contributed by atoms with Crippen LogP contribution in [0.5, 0.6) is 0 Å². The largest absolute Gasteiger partial charge is 0.192 e. The molecule has 0 amide bonds. The van der Waals surface area contributed by atoms with Gasteiger partial charge >= 0.3 is 0 Å². The van der Waals surface area contributed by atoms with Crippen LogP contribution in [-0.4, -0.2) is 0 Å². The maximum absolute atomic E-state index is 8.63. The molecule has 48 valence electrons. The van der Waals surface area contributed by atoms with Crippen molar-refractivity contribution in [2.24, 2.45) is 0 Å². The molecule has 0 aliphatic heterocycles. The molecule has 0 unspecified atom stereocenters. The lowest BCUT2D eigenvalue weighted by atomic mass is 9.85. The van der Waals surface area contributed by atoms with Crippen LogP contribution in [0.1, 0.15) is 16.7 Å². The van der Waals surface area contributed by atoms with Crippen molar-refractivity contribution in [3.63, 3.8) is 0 Å². The summed E-state index contributed by atoms with van der Waals surface area (Å²) < 4.78 is 0. The van der Waals surface area contributed by atoms with E-state index in [9.17, 15) is 0 Å². The molecule has 0 N–H and O–H groups in total. The molecule has 0 heterocycles. The molecule has 1 aliphatic carbocycles. The molecule has 1 heteroatoms. The van der Waals surface area contributed by atoms with E-state index in [1.54, 1.807) is 0 Å². The Morgan fingerprint density at radius 3 is 2.70 bits per heavy atom. The smallest absolute Gasteiger partial charge is 0.0994 e. The van der Waals surface area contributed by atoms with E-state index in [-0.39, 0.29) is 0 Å². The molecule has 0 aromatic heterocycles. The fourth-order valence-electron chi connectivity index (χ4n) is 1.35. The highest BCUT2D eigenvalue weighted by molar-refractivity contribution is 5.47.